The minimum Gasteiger partial charge on any atom is -0.390 e. The van der Waals surface area contributed by atoms with Crippen molar-refractivity contribution in [2.75, 3.05) is 26.2 Å². The summed E-state index contributed by atoms with van der Waals surface area (Å²) >= 11 is 0. The number of benzene rings is 2. The van der Waals surface area contributed by atoms with E-state index < -0.39 is 0 Å². The van der Waals surface area contributed by atoms with E-state index in [2.05, 4.69) is 71.3 Å². The summed E-state index contributed by atoms with van der Waals surface area (Å²) in [7, 11) is 0. The average Bonchev–Trinajstić information content (AvgIpc) is 2.69. The van der Waals surface area contributed by atoms with E-state index in [0.29, 0.717) is 13.1 Å². The van der Waals surface area contributed by atoms with Gasteiger partial charge in [0, 0.05) is 13.1 Å². The van der Waals surface area contributed by atoms with Crippen LogP contribution in [-0.4, -0.2) is 37.4 Å². The first-order valence-corrected chi connectivity index (χ1v) is 10.0. The monoisotopic (exact) mass is 354 g/mol. The Morgan fingerprint density at radius 3 is 1.46 bits per heavy atom. The van der Waals surface area contributed by atoms with Gasteiger partial charge in [0.05, 0.1) is 6.10 Å². The van der Waals surface area contributed by atoms with Crippen LogP contribution in [0.5, 0.6) is 0 Å². The molecule has 0 aromatic heterocycles. The van der Waals surface area contributed by atoms with Crippen LogP contribution in [0.1, 0.15) is 36.8 Å². The highest BCUT2D eigenvalue weighted by Gasteiger charge is 2.02. The second-order valence-corrected chi connectivity index (χ2v) is 6.95. The van der Waals surface area contributed by atoms with Gasteiger partial charge in [-0.2, -0.15) is 0 Å². The van der Waals surface area contributed by atoms with Crippen LogP contribution >= 0.6 is 0 Å². The van der Waals surface area contributed by atoms with E-state index >= 15 is 0 Å². The first-order chi connectivity index (χ1) is 12.8. The molecule has 0 spiro atoms. The molecule has 0 fully saturated rings. The van der Waals surface area contributed by atoms with Crippen molar-refractivity contribution in [2.45, 2.75) is 44.6 Å². The lowest BCUT2D eigenvalue weighted by Gasteiger charge is -2.13. The Hall–Kier alpha value is -1.68. The van der Waals surface area contributed by atoms with Crippen LogP contribution in [0.25, 0.3) is 0 Å². The molecule has 2 aromatic carbocycles. The molecule has 2 aromatic rings. The highest BCUT2D eigenvalue weighted by molar-refractivity contribution is 5.15. The van der Waals surface area contributed by atoms with Gasteiger partial charge in [0.25, 0.3) is 0 Å². The van der Waals surface area contributed by atoms with E-state index in [1.165, 1.54) is 24.0 Å². The van der Waals surface area contributed by atoms with Crippen molar-refractivity contribution in [1.82, 2.24) is 10.6 Å². The number of unbranched alkanes of at least 4 members (excludes halogenated alkanes) is 2. The Morgan fingerprint density at radius 2 is 1.04 bits per heavy atom. The van der Waals surface area contributed by atoms with Gasteiger partial charge >= 0.3 is 0 Å². The van der Waals surface area contributed by atoms with Crippen molar-refractivity contribution >= 4 is 0 Å². The van der Waals surface area contributed by atoms with Gasteiger partial charge < -0.3 is 15.7 Å². The number of aryl methyl sites for hydroxylation is 2. The average molecular weight is 355 g/mol. The summed E-state index contributed by atoms with van der Waals surface area (Å²) in [5.74, 6) is 0. The van der Waals surface area contributed by atoms with Crippen LogP contribution in [-0.2, 0) is 12.8 Å². The van der Waals surface area contributed by atoms with Crippen molar-refractivity contribution in [2.24, 2.45) is 0 Å². The molecule has 142 valence electrons. The van der Waals surface area contributed by atoms with Crippen molar-refractivity contribution in [1.29, 1.82) is 0 Å². The summed E-state index contributed by atoms with van der Waals surface area (Å²) in [6.45, 7) is 3.28. The van der Waals surface area contributed by atoms with Crippen molar-refractivity contribution in [3.63, 3.8) is 0 Å². The normalized spacial score (nSPS) is 11.2. The van der Waals surface area contributed by atoms with Gasteiger partial charge in [-0.3, -0.25) is 0 Å². The standard InChI is InChI=1S/C23H34N2O/c26-23(19-24-17-9-7-15-21-11-3-1-4-12-21)20-25-18-10-8-16-22-13-5-2-6-14-22/h1-6,11-14,23-26H,7-10,15-20H2. The number of aliphatic hydroxyl groups excluding tert-OH is 1. The first kappa shape index (κ1) is 20.6. The van der Waals surface area contributed by atoms with Gasteiger partial charge in [-0.25, -0.2) is 0 Å². The lowest BCUT2D eigenvalue weighted by Crippen LogP contribution is -2.36. The van der Waals surface area contributed by atoms with Crippen LogP contribution in [0.2, 0.25) is 0 Å². The van der Waals surface area contributed by atoms with E-state index in [1.54, 1.807) is 0 Å². The fourth-order valence-electron chi connectivity index (χ4n) is 3.06. The SMILES string of the molecule is OC(CNCCCCc1ccccc1)CNCCCCc1ccccc1. The third-order valence-corrected chi connectivity index (χ3v) is 4.58. The van der Waals surface area contributed by atoms with E-state index in [0.717, 1.165) is 38.8 Å². The lowest BCUT2D eigenvalue weighted by atomic mass is 10.1. The maximum absolute atomic E-state index is 9.99. The summed E-state index contributed by atoms with van der Waals surface area (Å²) in [5.41, 5.74) is 2.81. The van der Waals surface area contributed by atoms with E-state index in [4.69, 9.17) is 0 Å². The summed E-state index contributed by atoms with van der Waals surface area (Å²) in [5, 5.41) is 16.7. The third-order valence-electron chi connectivity index (χ3n) is 4.58. The summed E-state index contributed by atoms with van der Waals surface area (Å²) in [4.78, 5) is 0. The van der Waals surface area contributed by atoms with Gasteiger partial charge in [-0.05, 0) is 62.7 Å². The second kappa shape index (κ2) is 13.5. The van der Waals surface area contributed by atoms with Crippen LogP contribution < -0.4 is 10.6 Å². The molecule has 0 aliphatic carbocycles. The van der Waals surface area contributed by atoms with E-state index in [9.17, 15) is 5.11 Å². The predicted octanol–water partition coefficient (Wildman–Crippen LogP) is 3.57. The van der Waals surface area contributed by atoms with Gasteiger partial charge in [0.2, 0.25) is 0 Å². The molecular weight excluding hydrogens is 320 g/mol. The molecule has 0 aliphatic heterocycles. The molecule has 0 saturated heterocycles. The quantitative estimate of drug-likeness (QED) is 0.455. The van der Waals surface area contributed by atoms with Gasteiger partial charge in [0.1, 0.15) is 0 Å². The zero-order chi connectivity index (χ0) is 18.3. The molecule has 0 heterocycles. The molecule has 0 bridgehead atoms. The number of rotatable bonds is 14. The van der Waals surface area contributed by atoms with E-state index in [-0.39, 0.29) is 6.10 Å². The minimum absolute atomic E-state index is 0.307. The van der Waals surface area contributed by atoms with Crippen molar-refractivity contribution in [3.8, 4) is 0 Å². The fraction of sp³-hybridized carbons (Fsp3) is 0.478. The number of hydrogen-bond donors (Lipinski definition) is 3. The van der Waals surface area contributed by atoms with Crippen molar-refractivity contribution in [3.05, 3.63) is 71.8 Å². The molecule has 3 N–H and O–H groups in total. The van der Waals surface area contributed by atoms with Crippen LogP contribution in [0.3, 0.4) is 0 Å². The summed E-state index contributed by atoms with van der Waals surface area (Å²) in [6.07, 6.45) is 6.63. The smallest absolute Gasteiger partial charge is 0.0788 e. The molecule has 2 rings (SSSR count). The Bertz CT molecular complexity index is 507. The second-order valence-electron chi connectivity index (χ2n) is 6.95. The molecular formula is C23H34N2O. The summed E-state index contributed by atoms with van der Waals surface area (Å²) in [6, 6.07) is 21.2. The highest BCUT2D eigenvalue weighted by Crippen LogP contribution is 2.04. The van der Waals surface area contributed by atoms with Gasteiger partial charge in [0.15, 0.2) is 0 Å². The number of hydrogen-bond acceptors (Lipinski definition) is 3. The van der Waals surface area contributed by atoms with Crippen LogP contribution in [0.4, 0.5) is 0 Å². The topological polar surface area (TPSA) is 44.3 Å². The molecule has 0 unspecified atom stereocenters. The fourth-order valence-corrected chi connectivity index (χ4v) is 3.06. The van der Waals surface area contributed by atoms with Crippen molar-refractivity contribution < 1.29 is 5.11 Å². The molecule has 0 saturated carbocycles. The molecule has 0 aliphatic rings. The maximum atomic E-state index is 9.99. The molecule has 26 heavy (non-hydrogen) atoms. The Balaban J connectivity index is 1.36. The Labute approximate surface area is 158 Å². The molecule has 0 radical (unpaired) electrons. The Morgan fingerprint density at radius 1 is 0.615 bits per heavy atom. The predicted molar refractivity (Wildman–Crippen MR) is 111 cm³/mol. The zero-order valence-corrected chi connectivity index (χ0v) is 15.9. The zero-order valence-electron chi connectivity index (χ0n) is 15.9. The Kier molecular flexibility index (Phi) is 10.7. The van der Waals surface area contributed by atoms with Crippen LogP contribution in [0.15, 0.2) is 60.7 Å². The molecule has 3 nitrogen and oxygen atoms in total. The number of nitrogens with one attached hydrogen (secondary N) is 2. The molecule has 3 heteroatoms. The van der Waals surface area contributed by atoms with Gasteiger partial charge in [-0.1, -0.05) is 60.7 Å². The highest BCUT2D eigenvalue weighted by atomic mass is 16.3. The lowest BCUT2D eigenvalue weighted by molar-refractivity contribution is 0.168. The van der Waals surface area contributed by atoms with Crippen LogP contribution in [0, 0.1) is 0 Å². The minimum atomic E-state index is -0.307. The summed E-state index contributed by atoms with van der Waals surface area (Å²) < 4.78 is 0. The third kappa shape index (κ3) is 9.71. The molecule has 0 atom stereocenters. The number of aliphatic hydroxyl groups is 1. The van der Waals surface area contributed by atoms with Gasteiger partial charge in [-0.15, -0.1) is 0 Å². The maximum Gasteiger partial charge on any atom is 0.0788 e. The largest absolute Gasteiger partial charge is 0.390 e. The first-order valence-electron chi connectivity index (χ1n) is 10.0. The molecule has 0 amide bonds. The van der Waals surface area contributed by atoms with E-state index in [1.807, 2.05) is 0 Å².